The minimum absolute atomic E-state index is 0.108. The second kappa shape index (κ2) is 23.6. The van der Waals surface area contributed by atoms with Crippen molar-refractivity contribution in [2.24, 2.45) is 5.92 Å². The SMILES string of the molecule is CCCCCCCCCCCCOC(=O)CCCOCCOCCOCC(C)C. The van der Waals surface area contributed by atoms with E-state index in [1.807, 2.05) is 0 Å². The molecule has 0 aromatic heterocycles. The van der Waals surface area contributed by atoms with Gasteiger partial charge in [0.25, 0.3) is 0 Å². The molecule has 0 aliphatic carbocycles. The molecule has 5 heteroatoms. The fraction of sp³-hybridized carbons (Fsp3) is 0.958. The van der Waals surface area contributed by atoms with Crippen molar-refractivity contribution < 1.29 is 23.7 Å². The topological polar surface area (TPSA) is 54.0 Å². The summed E-state index contributed by atoms with van der Waals surface area (Å²) in [5.41, 5.74) is 0. The minimum atomic E-state index is -0.108. The molecule has 0 aromatic carbocycles. The molecule has 0 saturated carbocycles. The lowest BCUT2D eigenvalue weighted by atomic mass is 10.1. The Morgan fingerprint density at radius 3 is 1.72 bits per heavy atom. The van der Waals surface area contributed by atoms with E-state index in [0.717, 1.165) is 19.4 Å². The standard InChI is InChI=1S/C24H48O5/c1-4-5-6-7-8-9-10-11-12-13-17-29-24(25)15-14-16-26-18-19-27-20-21-28-22-23(2)3/h23H,4-22H2,1-3H3. The summed E-state index contributed by atoms with van der Waals surface area (Å²) in [6, 6.07) is 0. The molecular weight excluding hydrogens is 368 g/mol. The van der Waals surface area contributed by atoms with Crippen LogP contribution in [0.25, 0.3) is 0 Å². The summed E-state index contributed by atoms with van der Waals surface area (Å²) in [4.78, 5) is 11.7. The van der Waals surface area contributed by atoms with Gasteiger partial charge in [-0.2, -0.15) is 0 Å². The van der Waals surface area contributed by atoms with E-state index in [2.05, 4.69) is 20.8 Å². The highest BCUT2D eigenvalue weighted by atomic mass is 16.5. The Morgan fingerprint density at radius 1 is 0.621 bits per heavy atom. The first-order valence-corrected chi connectivity index (χ1v) is 12.1. The molecule has 174 valence electrons. The summed E-state index contributed by atoms with van der Waals surface area (Å²) in [6.45, 7) is 10.8. The van der Waals surface area contributed by atoms with Crippen molar-refractivity contribution in [1.29, 1.82) is 0 Å². The minimum Gasteiger partial charge on any atom is -0.466 e. The zero-order valence-electron chi connectivity index (χ0n) is 19.6. The third-order valence-electron chi connectivity index (χ3n) is 4.63. The molecular formula is C24H48O5. The summed E-state index contributed by atoms with van der Waals surface area (Å²) in [5.74, 6) is 0.447. The molecule has 0 rings (SSSR count). The fourth-order valence-corrected chi connectivity index (χ4v) is 2.93. The van der Waals surface area contributed by atoms with Crippen molar-refractivity contribution in [3.05, 3.63) is 0 Å². The summed E-state index contributed by atoms with van der Waals surface area (Å²) in [6.07, 6.45) is 14.0. The van der Waals surface area contributed by atoms with Gasteiger partial charge in [-0.25, -0.2) is 0 Å². The van der Waals surface area contributed by atoms with Crippen LogP contribution in [0.2, 0.25) is 0 Å². The maximum atomic E-state index is 11.7. The highest BCUT2D eigenvalue weighted by Crippen LogP contribution is 2.10. The zero-order valence-corrected chi connectivity index (χ0v) is 19.6. The van der Waals surface area contributed by atoms with Gasteiger partial charge in [-0.15, -0.1) is 0 Å². The monoisotopic (exact) mass is 416 g/mol. The van der Waals surface area contributed by atoms with Crippen LogP contribution in [0.15, 0.2) is 0 Å². The lowest BCUT2D eigenvalue weighted by molar-refractivity contribution is -0.144. The van der Waals surface area contributed by atoms with Gasteiger partial charge in [0.1, 0.15) is 0 Å². The quantitative estimate of drug-likeness (QED) is 0.152. The largest absolute Gasteiger partial charge is 0.466 e. The molecule has 0 fully saturated rings. The van der Waals surface area contributed by atoms with Crippen LogP contribution in [-0.2, 0) is 23.7 Å². The number of hydrogen-bond donors (Lipinski definition) is 0. The van der Waals surface area contributed by atoms with Crippen molar-refractivity contribution in [3.8, 4) is 0 Å². The highest BCUT2D eigenvalue weighted by molar-refractivity contribution is 5.69. The van der Waals surface area contributed by atoms with E-state index in [9.17, 15) is 4.79 Å². The third-order valence-corrected chi connectivity index (χ3v) is 4.63. The Hall–Kier alpha value is -0.650. The predicted molar refractivity (Wildman–Crippen MR) is 119 cm³/mol. The van der Waals surface area contributed by atoms with Crippen LogP contribution in [0.5, 0.6) is 0 Å². The molecule has 0 N–H and O–H groups in total. The van der Waals surface area contributed by atoms with Gasteiger partial charge in [0.05, 0.1) is 33.0 Å². The van der Waals surface area contributed by atoms with Crippen molar-refractivity contribution in [1.82, 2.24) is 0 Å². The van der Waals surface area contributed by atoms with E-state index in [4.69, 9.17) is 18.9 Å². The third kappa shape index (κ3) is 25.3. The van der Waals surface area contributed by atoms with Gasteiger partial charge in [0.15, 0.2) is 0 Å². The lowest BCUT2D eigenvalue weighted by Crippen LogP contribution is -2.12. The molecule has 0 aliphatic rings. The fourth-order valence-electron chi connectivity index (χ4n) is 2.93. The molecule has 0 aromatic rings. The van der Waals surface area contributed by atoms with Gasteiger partial charge in [-0.3, -0.25) is 4.79 Å². The van der Waals surface area contributed by atoms with Gasteiger partial charge in [-0.05, 0) is 18.8 Å². The molecule has 0 saturated heterocycles. The first-order valence-electron chi connectivity index (χ1n) is 12.1. The average Bonchev–Trinajstić information content (AvgIpc) is 2.70. The Labute approximate surface area is 180 Å². The number of rotatable bonds is 23. The summed E-state index contributed by atoms with van der Waals surface area (Å²) in [5, 5.41) is 0. The molecule has 29 heavy (non-hydrogen) atoms. The molecule has 0 aliphatic heterocycles. The molecule has 0 atom stereocenters. The molecule has 0 bridgehead atoms. The van der Waals surface area contributed by atoms with Crippen molar-refractivity contribution in [3.63, 3.8) is 0 Å². The van der Waals surface area contributed by atoms with Gasteiger partial charge in [0, 0.05) is 19.6 Å². The first-order chi connectivity index (χ1) is 14.2. The predicted octanol–water partition coefficient (Wildman–Crippen LogP) is 5.94. The van der Waals surface area contributed by atoms with Crippen LogP contribution < -0.4 is 0 Å². The lowest BCUT2D eigenvalue weighted by Gasteiger charge is -2.08. The van der Waals surface area contributed by atoms with Gasteiger partial charge in [0.2, 0.25) is 0 Å². The Balaban J connectivity index is 3.15. The van der Waals surface area contributed by atoms with Crippen LogP contribution >= 0.6 is 0 Å². The van der Waals surface area contributed by atoms with E-state index in [1.54, 1.807) is 0 Å². The number of carbonyl (C=O) groups excluding carboxylic acids is 1. The highest BCUT2D eigenvalue weighted by Gasteiger charge is 2.02. The Morgan fingerprint density at radius 2 is 1.14 bits per heavy atom. The van der Waals surface area contributed by atoms with Crippen molar-refractivity contribution >= 4 is 5.97 Å². The van der Waals surface area contributed by atoms with E-state index < -0.39 is 0 Å². The maximum absolute atomic E-state index is 11.7. The Kier molecular flexibility index (Phi) is 23.1. The Bertz CT molecular complexity index is 333. The van der Waals surface area contributed by atoms with Crippen LogP contribution in [-0.4, -0.2) is 52.2 Å². The molecule has 0 amide bonds. The second-order valence-electron chi connectivity index (χ2n) is 8.20. The van der Waals surface area contributed by atoms with Crippen LogP contribution in [0.4, 0.5) is 0 Å². The van der Waals surface area contributed by atoms with E-state index in [-0.39, 0.29) is 5.97 Å². The summed E-state index contributed by atoms with van der Waals surface area (Å²) >= 11 is 0. The average molecular weight is 417 g/mol. The van der Waals surface area contributed by atoms with Gasteiger partial charge >= 0.3 is 5.97 Å². The molecule has 0 radical (unpaired) electrons. The first kappa shape index (κ1) is 28.4. The maximum Gasteiger partial charge on any atom is 0.305 e. The molecule has 0 unspecified atom stereocenters. The zero-order chi connectivity index (χ0) is 21.4. The number of unbranched alkanes of at least 4 members (excludes halogenated alkanes) is 9. The van der Waals surface area contributed by atoms with Crippen molar-refractivity contribution in [2.75, 3.05) is 46.2 Å². The summed E-state index contributed by atoms with van der Waals surface area (Å²) in [7, 11) is 0. The summed E-state index contributed by atoms with van der Waals surface area (Å²) < 4.78 is 21.6. The van der Waals surface area contributed by atoms with Crippen LogP contribution in [0, 0.1) is 5.92 Å². The van der Waals surface area contributed by atoms with Gasteiger partial charge < -0.3 is 18.9 Å². The second-order valence-corrected chi connectivity index (χ2v) is 8.20. The number of hydrogen-bond acceptors (Lipinski definition) is 5. The van der Waals surface area contributed by atoms with Crippen LogP contribution in [0.1, 0.15) is 97.8 Å². The van der Waals surface area contributed by atoms with E-state index in [1.165, 1.54) is 51.4 Å². The molecule has 0 heterocycles. The van der Waals surface area contributed by atoms with Crippen molar-refractivity contribution in [2.45, 2.75) is 97.8 Å². The number of carbonyl (C=O) groups is 1. The smallest absolute Gasteiger partial charge is 0.305 e. The van der Waals surface area contributed by atoms with E-state index in [0.29, 0.717) is 58.4 Å². The molecule has 5 nitrogen and oxygen atoms in total. The van der Waals surface area contributed by atoms with Gasteiger partial charge in [-0.1, -0.05) is 78.6 Å². The normalized spacial score (nSPS) is 11.3. The number of ether oxygens (including phenoxy) is 4. The number of esters is 1. The van der Waals surface area contributed by atoms with Crippen LogP contribution in [0.3, 0.4) is 0 Å². The molecule has 0 spiro atoms. The van der Waals surface area contributed by atoms with E-state index >= 15 is 0 Å².